The van der Waals surface area contributed by atoms with E-state index in [9.17, 15) is 20.0 Å². The normalized spacial score (nSPS) is 11.6. The molecule has 0 fully saturated rings. The molecule has 0 saturated carbocycles. The second kappa shape index (κ2) is 12.3. The van der Waals surface area contributed by atoms with Crippen LogP contribution in [0, 0.1) is 11.3 Å². The van der Waals surface area contributed by atoms with Gasteiger partial charge in [0.2, 0.25) is 5.95 Å². The number of hydrogen-bond donors (Lipinski definition) is 2. The zero-order valence-corrected chi connectivity index (χ0v) is 24.4. The van der Waals surface area contributed by atoms with Crippen molar-refractivity contribution in [3.8, 4) is 16.5 Å². The number of anilines is 2. The molecule has 216 valence electrons. The molecule has 0 radical (unpaired) electrons. The van der Waals surface area contributed by atoms with Crippen LogP contribution in [0.1, 0.15) is 37.3 Å². The number of nitriles is 1. The van der Waals surface area contributed by atoms with Crippen LogP contribution in [0.2, 0.25) is 0 Å². The quantitative estimate of drug-likeness (QED) is 0.212. The third-order valence-corrected chi connectivity index (χ3v) is 8.32. The van der Waals surface area contributed by atoms with Crippen molar-refractivity contribution in [2.24, 2.45) is 0 Å². The summed E-state index contributed by atoms with van der Waals surface area (Å²) in [7, 11) is 1.70. The summed E-state index contributed by atoms with van der Waals surface area (Å²) in [4.78, 5) is 38.2. The number of amides is 2. The third-order valence-electron chi connectivity index (χ3n) is 7.19. The second-order valence-electron chi connectivity index (χ2n) is 10.1. The van der Waals surface area contributed by atoms with Gasteiger partial charge in [0.1, 0.15) is 6.07 Å². The Morgan fingerprint density at radius 1 is 1.00 bits per heavy atom. The van der Waals surface area contributed by atoms with E-state index in [2.05, 4.69) is 16.4 Å². The molecule has 9 nitrogen and oxygen atoms in total. The number of aliphatic hydroxyl groups excluding tert-OH is 1. The van der Waals surface area contributed by atoms with Crippen LogP contribution < -0.4 is 10.2 Å². The Balaban J connectivity index is 1.33. The number of nitrogens with one attached hydrogen (secondary N) is 1. The highest BCUT2D eigenvalue weighted by molar-refractivity contribution is 7.17. The molecule has 0 unspecified atom stereocenters. The minimum absolute atomic E-state index is 0.135. The van der Waals surface area contributed by atoms with Crippen molar-refractivity contribution < 1.29 is 14.7 Å². The van der Waals surface area contributed by atoms with Gasteiger partial charge in [-0.2, -0.15) is 5.26 Å². The van der Waals surface area contributed by atoms with Crippen LogP contribution in [0.15, 0.2) is 109 Å². The van der Waals surface area contributed by atoms with Crippen molar-refractivity contribution in [3.05, 3.63) is 131 Å². The highest BCUT2D eigenvalue weighted by Crippen LogP contribution is 2.31. The van der Waals surface area contributed by atoms with Crippen LogP contribution in [0.4, 0.5) is 11.6 Å². The number of rotatable bonds is 8. The molecule has 2 amide bonds. The molecule has 0 saturated heterocycles. The predicted molar refractivity (Wildman–Crippen MR) is 171 cm³/mol. The first-order valence-electron chi connectivity index (χ1n) is 13.7. The molecule has 0 aliphatic heterocycles. The van der Waals surface area contributed by atoms with E-state index in [4.69, 9.17) is 4.98 Å². The summed E-state index contributed by atoms with van der Waals surface area (Å²) in [5.41, 5.74) is 4.34. The van der Waals surface area contributed by atoms with E-state index in [1.54, 1.807) is 53.0 Å². The highest BCUT2D eigenvalue weighted by atomic mass is 32.1. The van der Waals surface area contributed by atoms with Gasteiger partial charge in [0.05, 0.1) is 34.1 Å². The Morgan fingerprint density at radius 2 is 1.75 bits per heavy atom. The fourth-order valence-corrected chi connectivity index (χ4v) is 5.75. The minimum atomic E-state index is -0.862. The number of fused-ring (bicyclic) bond motifs is 1. The number of pyridine rings is 1. The van der Waals surface area contributed by atoms with Crippen molar-refractivity contribution in [3.63, 3.8) is 0 Å². The van der Waals surface area contributed by atoms with Gasteiger partial charge in [0.15, 0.2) is 0 Å². The first kappa shape index (κ1) is 28.5. The number of benzene rings is 3. The van der Waals surface area contributed by atoms with Crippen LogP contribution in [-0.2, 0) is 6.54 Å². The number of nitrogens with zero attached hydrogens (tertiary/aromatic N) is 5. The second-order valence-corrected chi connectivity index (χ2v) is 11.2. The molecule has 3 aromatic carbocycles. The van der Waals surface area contributed by atoms with Crippen LogP contribution in [0.5, 0.6) is 0 Å². The van der Waals surface area contributed by atoms with Crippen LogP contribution in [0.3, 0.4) is 0 Å². The molecule has 1 atom stereocenters. The van der Waals surface area contributed by atoms with Crippen molar-refractivity contribution in [2.45, 2.75) is 12.6 Å². The Labute approximate surface area is 257 Å². The maximum atomic E-state index is 13.5. The van der Waals surface area contributed by atoms with Crippen molar-refractivity contribution in [1.29, 1.82) is 5.26 Å². The van der Waals surface area contributed by atoms with Gasteiger partial charge < -0.3 is 14.6 Å². The number of carbonyl (C=O) groups is 2. The van der Waals surface area contributed by atoms with Gasteiger partial charge in [-0.25, -0.2) is 4.98 Å². The molecular weight excluding hydrogens is 572 g/mol. The fraction of sp³-hybridized carbons (Fsp3) is 0.0882. The number of imidazole rings is 1. The molecule has 6 aromatic rings. The van der Waals surface area contributed by atoms with Gasteiger partial charge in [-0.1, -0.05) is 48.5 Å². The van der Waals surface area contributed by atoms with E-state index in [-0.39, 0.29) is 24.3 Å². The van der Waals surface area contributed by atoms with Gasteiger partial charge >= 0.3 is 0 Å². The highest BCUT2D eigenvalue weighted by Gasteiger charge is 2.21. The molecule has 10 heteroatoms. The molecule has 0 bridgehead atoms. The van der Waals surface area contributed by atoms with E-state index < -0.39 is 6.10 Å². The number of aromatic nitrogens is 3. The lowest BCUT2D eigenvalue weighted by Gasteiger charge is -2.18. The largest absolute Gasteiger partial charge is 0.387 e. The molecular formula is C34H26N6O3S. The number of carbonyl (C=O) groups excluding carboxylic acids is 2. The van der Waals surface area contributed by atoms with Crippen LogP contribution in [0.25, 0.3) is 21.5 Å². The molecule has 2 N–H and O–H groups in total. The Hall–Kier alpha value is -5.63. The standard InChI is InChI=1S/C34H26N6O3S/c1-39(33(43)24-10-6-3-7-11-24)26-12-13-28-27(17-26)37-34(40(28)21-29(41)23-8-4-2-5-9-23)38-32(42)31-15-14-30(44-31)25-16-22(18-35)19-36-20-25/h2-17,19-20,29,41H,21H2,1H3,(H,37,38,42)/t29-/m0/s1. The lowest BCUT2D eigenvalue weighted by Crippen LogP contribution is -2.26. The van der Waals surface area contributed by atoms with Crippen molar-refractivity contribution in [2.75, 3.05) is 17.3 Å². The zero-order chi connectivity index (χ0) is 30.6. The van der Waals surface area contributed by atoms with E-state index in [1.165, 1.54) is 17.5 Å². The van der Waals surface area contributed by atoms with Crippen molar-refractivity contribution >= 4 is 45.8 Å². The maximum Gasteiger partial charge on any atom is 0.268 e. The summed E-state index contributed by atoms with van der Waals surface area (Å²) < 4.78 is 1.77. The monoisotopic (exact) mass is 598 g/mol. The van der Waals surface area contributed by atoms with Gasteiger partial charge in [-0.15, -0.1) is 11.3 Å². The van der Waals surface area contributed by atoms with E-state index in [0.717, 1.165) is 16.0 Å². The smallest absolute Gasteiger partial charge is 0.268 e. The molecule has 0 aliphatic rings. The lowest BCUT2D eigenvalue weighted by atomic mass is 10.1. The predicted octanol–water partition coefficient (Wildman–Crippen LogP) is 6.29. The first-order valence-corrected chi connectivity index (χ1v) is 14.6. The average molecular weight is 599 g/mol. The Bertz CT molecular complexity index is 2010. The Kier molecular flexibility index (Phi) is 7.97. The van der Waals surface area contributed by atoms with E-state index in [0.29, 0.717) is 32.7 Å². The number of aliphatic hydroxyl groups is 1. The SMILES string of the molecule is CN(C(=O)c1ccccc1)c1ccc2c(c1)nc(NC(=O)c1ccc(-c3cncc(C#N)c3)s1)n2C[C@H](O)c1ccccc1. The fourth-order valence-electron chi connectivity index (χ4n) is 4.87. The molecule has 44 heavy (non-hydrogen) atoms. The van der Waals surface area contributed by atoms with Gasteiger partial charge in [0.25, 0.3) is 11.8 Å². The van der Waals surface area contributed by atoms with Crippen LogP contribution in [-0.4, -0.2) is 38.5 Å². The average Bonchev–Trinajstić information content (AvgIpc) is 3.70. The molecule has 3 heterocycles. The molecule has 0 aliphatic carbocycles. The van der Waals surface area contributed by atoms with Gasteiger partial charge in [-0.3, -0.25) is 19.9 Å². The minimum Gasteiger partial charge on any atom is -0.387 e. The van der Waals surface area contributed by atoms with E-state index >= 15 is 0 Å². The van der Waals surface area contributed by atoms with E-state index in [1.807, 2.05) is 66.7 Å². The zero-order valence-electron chi connectivity index (χ0n) is 23.6. The summed E-state index contributed by atoms with van der Waals surface area (Å²) in [5, 5.41) is 23.2. The summed E-state index contributed by atoms with van der Waals surface area (Å²) in [5.74, 6) is -0.272. The molecule has 6 rings (SSSR count). The summed E-state index contributed by atoms with van der Waals surface area (Å²) in [6, 6.07) is 31.0. The van der Waals surface area contributed by atoms with Crippen molar-refractivity contribution in [1.82, 2.24) is 14.5 Å². The molecule has 3 aromatic heterocycles. The summed E-state index contributed by atoms with van der Waals surface area (Å²) in [6.45, 7) is 0.135. The summed E-state index contributed by atoms with van der Waals surface area (Å²) in [6.07, 6.45) is 2.27. The van der Waals surface area contributed by atoms with Crippen LogP contribution >= 0.6 is 11.3 Å². The van der Waals surface area contributed by atoms with Gasteiger partial charge in [-0.05, 0) is 54.1 Å². The topological polar surface area (TPSA) is 124 Å². The number of thiophene rings is 1. The third kappa shape index (κ3) is 5.83. The molecule has 0 spiro atoms. The first-order chi connectivity index (χ1) is 21.4. The summed E-state index contributed by atoms with van der Waals surface area (Å²) >= 11 is 1.27. The Morgan fingerprint density at radius 3 is 2.50 bits per heavy atom. The van der Waals surface area contributed by atoms with Gasteiger partial charge in [0, 0.05) is 41.1 Å². The maximum absolute atomic E-state index is 13.5. The lowest BCUT2D eigenvalue weighted by molar-refractivity contribution is 0.0991. The number of hydrogen-bond acceptors (Lipinski definition) is 7.